The zero-order valence-electron chi connectivity index (χ0n) is 18.3. The molecule has 2 unspecified atom stereocenters. The molecule has 2 aromatic carbocycles. The van der Waals surface area contributed by atoms with Crippen molar-refractivity contribution in [1.29, 1.82) is 0 Å². The number of carbonyl (C=O) groups excluding carboxylic acids is 3. The molecule has 0 aromatic heterocycles. The number of anilines is 1. The van der Waals surface area contributed by atoms with Gasteiger partial charge in [0.05, 0.1) is 18.2 Å². The van der Waals surface area contributed by atoms with E-state index in [1.54, 1.807) is 12.1 Å². The second-order valence-corrected chi connectivity index (χ2v) is 7.68. The summed E-state index contributed by atoms with van der Waals surface area (Å²) < 4.78 is 11.2. The van der Waals surface area contributed by atoms with Gasteiger partial charge in [-0.25, -0.2) is 4.79 Å². The minimum absolute atomic E-state index is 0.0616. The summed E-state index contributed by atoms with van der Waals surface area (Å²) in [6, 6.07) is 14.8. The fourth-order valence-corrected chi connectivity index (χ4v) is 3.61. The lowest BCUT2D eigenvalue weighted by atomic mass is 9.94. The van der Waals surface area contributed by atoms with Gasteiger partial charge in [-0.15, -0.1) is 0 Å². The van der Waals surface area contributed by atoms with E-state index >= 15 is 0 Å². The van der Waals surface area contributed by atoms with Gasteiger partial charge in [-0.2, -0.15) is 0 Å². The van der Waals surface area contributed by atoms with E-state index in [9.17, 15) is 14.4 Å². The molecule has 0 aliphatic carbocycles. The molecule has 0 saturated carbocycles. The fourth-order valence-electron chi connectivity index (χ4n) is 3.61. The molecule has 7 nitrogen and oxygen atoms in total. The van der Waals surface area contributed by atoms with Crippen LogP contribution >= 0.6 is 0 Å². The summed E-state index contributed by atoms with van der Waals surface area (Å²) in [7, 11) is 0. The summed E-state index contributed by atoms with van der Waals surface area (Å²) in [5.74, 6) is 0.213. The van der Waals surface area contributed by atoms with Crippen molar-refractivity contribution in [2.24, 2.45) is 0 Å². The molecule has 7 heteroatoms. The van der Waals surface area contributed by atoms with Gasteiger partial charge in [-0.1, -0.05) is 24.3 Å². The summed E-state index contributed by atoms with van der Waals surface area (Å²) in [6.45, 7) is 4.44. The number of aldehydes is 1. The van der Waals surface area contributed by atoms with Gasteiger partial charge < -0.3 is 20.1 Å². The number of rotatable bonds is 10. The van der Waals surface area contributed by atoms with Crippen molar-refractivity contribution in [3.8, 4) is 0 Å². The third kappa shape index (κ3) is 5.75. The quantitative estimate of drug-likeness (QED) is 0.334. The number of nitrogens with one attached hydrogen (secondary N) is 2. The topological polar surface area (TPSA) is 93.7 Å². The van der Waals surface area contributed by atoms with Crippen LogP contribution in [-0.2, 0) is 19.1 Å². The molecule has 0 radical (unpaired) electrons. The van der Waals surface area contributed by atoms with E-state index in [1.807, 2.05) is 50.2 Å². The second-order valence-electron chi connectivity index (χ2n) is 7.68. The van der Waals surface area contributed by atoms with Gasteiger partial charge in [-0.3, -0.25) is 9.59 Å². The van der Waals surface area contributed by atoms with E-state index in [1.165, 1.54) is 0 Å². The molecule has 32 heavy (non-hydrogen) atoms. The lowest BCUT2D eigenvalue weighted by Crippen LogP contribution is -2.19. The van der Waals surface area contributed by atoms with Crippen LogP contribution in [0.15, 0.2) is 54.1 Å². The minimum Gasteiger partial charge on any atom is -0.490 e. The van der Waals surface area contributed by atoms with Gasteiger partial charge in [0.15, 0.2) is 0 Å². The van der Waals surface area contributed by atoms with Crippen LogP contribution < -0.4 is 10.6 Å². The normalized spacial score (nSPS) is 16.5. The van der Waals surface area contributed by atoms with Crippen LogP contribution in [0.25, 0.3) is 5.76 Å². The van der Waals surface area contributed by atoms with E-state index in [0.717, 1.165) is 29.5 Å². The van der Waals surface area contributed by atoms with E-state index in [4.69, 9.17) is 9.47 Å². The predicted molar refractivity (Wildman–Crippen MR) is 122 cm³/mol. The number of benzene rings is 2. The summed E-state index contributed by atoms with van der Waals surface area (Å²) in [5, 5.41) is 5.88. The Bertz CT molecular complexity index is 984. The van der Waals surface area contributed by atoms with Gasteiger partial charge >= 0.3 is 5.97 Å². The van der Waals surface area contributed by atoms with Crippen molar-refractivity contribution in [2.45, 2.75) is 38.8 Å². The molecule has 1 amide bonds. The minimum atomic E-state index is -0.445. The number of hydrogen-bond acceptors (Lipinski definition) is 6. The zero-order chi connectivity index (χ0) is 22.9. The lowest BCUT2D eigenvalue weighted by molar-refractivity contribution is -0.109. The molecule has 3 rings (SSSR count). The van der Waals surface area contributed by atoms with Gasteiger partial charge in [0, 0.05) is 22.9 Å². The van der Waals surface area contributed by atoms with Crippen molar-refractivity contribution < 1.29 is 23.9 Å². The maximum Gasteiger partial charge on any atom is 0.338 e. The number of allylic oxidation sites excluding steroid dienone is 1. The number of amides is 1. The van der Waals surface area contributed by atoms with Crippen LogP contribution in [0, 0.1) is 0 Å². The third-order valence-electron chi connectivity index (χ3n) is 5.31. The average Bonchev–Trinajstić information content (AvgIpc) is 2.82. The highest BCUT2D eigenvalue weighted by atomic mass is 16.5. The smallest absolute Gasteiger partial charge is 0.338 e. The molecule has 0 saturated heterocycles. The fraction of sp³-hybridized carbons (Fsp3) is 0.320. The van der Waals surface area contributed by atoms with Crippen LogP contribution in [0.3, 0.4) is 0 Å². The van der Waals surface area contributed by atoms with Gasteiger partial charge in [0.25, 0.3) is 0 Å². The first-order valence-electron chi connectivity index (χ1n) is 10.7. The Morgan fingerprint density at radius 2 is 1.94 bits per heavy atom. The first-order chi connectivity index (χ1) is 15.5. The van der Waals surface area contributed by atoms with Crippen molar-refractivity contribution >= 4 is 30.1 Å². The van der Waals surface area contributed by atoms with E-state index in [0.29, 0.717) is 29.7 Å². The molecule has 1 heterocycles. The van der Waals surface area contributed by atoms with Crippen molar-refractivity contribution in [3.63, 3.8) is 0 Å². The highest BCUT2D eigenvalue weighted by molar-refractivity contribution is 5.90. The monoisotopic (exact) mass is 436 g/mol. The van der Waals surface area contributed by atoms with Gasteiger partial charge in [0.2, 0.25) is 6.41 Å². The number of carbonyl (C=O) groups is 3. The molecule has 2 aromatic rings. The van der Waals surface area contributed by atoms with E-state index in [2.05, 4.69) is 10.6 Å². The number of esters is 1. The number of hydrogen-bond donors (Lipinski definition) is 2. The maximum absolute atomic E-state index is 12.1. The number of ether oxygens (including phenoxy) is 2. The molecule has 2 atom stereocenters. The Hall–Kier alpha value is -3.61. The lowest BCUT2D eigenvalue weighted by Gasteiger charge is -2.27. The summed E-state index contributed by atoms with van der Waals surface area (Å²) >= 11 is 0. The Balaban J connectivity index is 1.72. The van der Waals surface area contributed by atoms with Gasteiger partial charge in [-0.05, 0) is 56.5 Å². The molecule has 0 spiro atoms. The summed E-state index contributed by atoms with van der Waals surface area (Å²) in [6.07, 6.45) is 3.05. The van der Waals surface area contributed by atoms with E-state index < -0.39 is 5.97 Å². The Morgan fingerprint density at radius 3 is 2.66 bits per heavy atom. The largest absolute Gasteiger partial charge is 0.490 e. The molecule has 0 bridgehead atoms. The van der Waals surface area contributed by atoms with Crippen LogP contribution in [-0.4, -0.2) is 37.9 Å². The zero-order valence-corrected chi connectivity index (χ0v) is 18.3. The van der Waals surface area contributed by atoms with Crippen molar-refractivity contribution in [3.05, 3.63) is 70.8 Å². The van der Waals surface area contributed by atoms with E-state index in [-0.39, 0.29) is 25.3 Å². The Morgan fingerprint density at radius 1 is 1.19 bits per heavy atom. The maximum atomic E-state index is 12.1. The van der Waals surface area contributed by atoms with Crippen LogP contribution in [0.1, 0.15) is 54.2 Å². The van der Waals surface area contributed by atoms with Crippen LogP contribution in [0.5, 0.6) is 0 Å². The predicted octanol–water partition coefficient (Wildman–Crippen LogP) is 3.87. The first kappa shape index (κ1) is 23.1. The SMILES string of the molecule is CC1CCC(C=O)=C(c2ccccc2C(C)Nc2ccc(C(=O)OCCNC=O)cc2)O1. The summed E-state index contributed by atoms with van der Waals surface area (Å²) in [4.78, 5) is 33.9. The molecular weight excluding hydrogens is 408 g/mol. The van der Waals surface area contributed by atoms with Crippen LogP contribution in [0.2, 0.25) is 0 Å². The molecular formula is C25H28N2O5. The van der Waals surface area contributed by atoms with Crippen LogP contribution in [0.4, 0.5) is 5.69 Å². The van der Waals surface area contributed by atoms with Gasteiger partial charge in [0.1, 0.15) is 18.7 Å². The average molecular weight is 437 g/mol. The highest BCUT2D eigenvalue weighted by Gasteiger charge is 2.23. The van der Waals surface area contributed by atoms with Crippen molar-refractivity contribution in [2.75, 3.05) is 18.5 Å². The third-order valence-corrected chi connectivity index (χ3v) is 5.31. The van der Waals surface area contributed by atoms with Crippen molar-refractivity contribution in [1.82, 2.24) is 5.32 Å². The molecule has 2 N–H and O–H groups in total. The highest BCUT2D eigenvalue weighted by Crippen LogP contribution is 2.34. The Kier molecular flexibility index (Phi) is 8.02. The molecule has 1 aliphatic rings. The first-order valence-corrected chi connectivity index (χ1v) is 10.7. The second kappa shape index (κ2) is 11.1. The molecule has 1 aliphatic heterocycles. The molecule has 168 valence electrons. The Labute approximate surface area is 187 Å². The standard InChI is InChI=1S/C25H28N2O5/c1-17-7-8-20(15-28)24(32-17)23-6-4-3-5-22(23)18(2)27-21-11-9-19(10-12-21)25(30)31-14-13-26-16-29/h3-6,9-12,15-18,27H,7-8,13-14H2,1-2H3,(H,26,29). The summed E-state index contributed by atoms with van der Waals surface area (Å²) in [5.41, 5.74) is 3.88. The molecule has 0 fully saturated rings.